The Kier molecular flexibility index (Phi) is 6.68. The minimum Gasteiger partial charge on any atom is -0.444 e. The van der Waals surface area contributed by atoms with Gasteiger partial charge in [-0.15, -0.1) is 0 Å². The Morgan fingerprint density at radius 3 is 2.12 bits per heavy atom. The number of carbonyl (C=O) groups is 2. The van der Waals surface area contributed by atoms with E-state index < -0.39 is 17.7 Å². The number of hydrogen-bond acceptors (Lipinski definition) is 3. The first-order valence-electron chi connectivity index (χ1n) is 9.51. The molecule has 1 aliphatic heterocycles. The molecule has 1 aliphatic rings. The Morgan fingerprint density at radius 2 is 1.65 bits per heavy atom. The van der Waals surface area contributed by atoms with Crippen LogP contribution < -0.4 is 5.32 Å². The Balaban J connectivity index is 2.05. The van der Waals surface area contributed by atoms with E-state index in [0.717, 1.165) is 12.8 Å². The van der Waals surface area contributed by atoms with E-state index in [0.29, 0.717) is 25.4 Å². The summed E-state index contributed by atoms with van der Waals surface area (Å²) in [7, 11) is 0. The van der Waals surface area contributed by atoms with Gasteiger partial charge >= 0.3 is 6.09 Å². The monoisotopic (exact) mass is 360 g/mol. The van der Waals surface area contributed by atoms with E-state index in [1.807, 2.05) is 37.8 Å². The van der Waals surface area contributed by atoms with Crippen LogP contribution >= 0.6 is 0 Å². The molecule has 144 valence electrons. The summed E-state index contributed by atoms with van der Waals surface area (Å²) in [6.07, 6.45) is 1.77. The van der Waals surface area contributed by atoms with E-state index in [1.54, 1.807) is 0 Å². The van der Waals surface area contributed by atoms with E-state index in [4.69, 9.17) is 4.74 Å². The largest absolute Gasteiger partial charge is 0.444 e. The van der Waals surface area contributed by atoms with E-state index in [-0.39, 0.29) is 5.91 Å². The number of carbonyl (C=O) groups excluding carboxylic acids is 2. The number of amides is 2. The van der Waals surface area contributed by atoms with Crippen LogP contribution in [-0.2, 0) is 22.4 Å². The zero-order chi connectivity index (χ0) is 19.3. The third kappa shape index (κ3) is 6.04. The summed E-state index contributed by atoms with van der Waals surface area (Å²) < 4.78 is 5.34. The van der Waals surface area contributed by atoms with E-state index in [1.165, 1.54) is 11.1 Å². The fraction of sp³-hybridized carbons (Fsp3) is 0.619. The van der Waals surface area contributed by atoms with Crippen molar-refractivity contribution < 1.29 is 14.3 Å². The molecule has 0 saturated heterocycles. The van der Waals surface area contributed by atoms with Crippen molar-refractivity contribution >= 4 is 12.0 Å². The maximum absolute atomic E-state index is 13.1. The minimum atomic E-state index is -0.584. The van der Waals surface area contributed by atoms with Crippen molar-refractivity contribution in [3.05, 3.63) is 35.4 Å². The number of nitrogens with one attached hydrogen (secondary N) is 1. The quantitative estimate of drug-likeness (QED) is 0.893. The summed E-state index contributed by atoms with van der Waals surface area (Å²) in [6, 6.07) is 7.80. The molecule has 2 amide bonds. The maximum Gasteiger partial charge on any atom is 0.408 e. The van der Waals surface area contributed by atoms with Crippen LogP contribution in [0.5, 0.6) is 0 Å². The van der Waals surface area contributed by atoms with Gasteiger partial charge in [0.05, 0.1) is 0 Å². The number of ether oxygens (including phenoxy) is 1. The molecule has 0 bridgehead atoms. The fourth-order valence-electron chi connectivity index (χ4n) is 3.25. The first-order valence-corrected chi connectivity index (χ1v) is 9.51. The molecule has 1 unspecified atom stereocenters. The van der Waals surface area contributed by atoms with Gasteiger partial charge in [-0.3, -0.25) is 4.79 Å². The van der Waals surface area contributed by atoms with E-state index in [9.17, 15) is 9.59 Å². The van der Waals surface area contributed by atoms with Crippen LogP contribution in [0.3, 0.4) is 0 Å². The molecule has 5 heteroatoms. The molecule has 0 saturated carbocycles. The normalized spacial score (nSPS) is 15.8. The van der Waals surface area contributed by atoms with Crippen LogP contribution in [0.2, 0.25) is 0 Å². The first kappa shape index (κ1) is 20.3. The lowest BCUT2D eigenvalue weighted by Crippen LogP contribution is -2.50. The summed E-state index contributed by atoms with van der Waals surface area (Å²) in [5, 5.41) is 2.79. The molecule has 0 radical (unpaired) electrons. The fourth-order valence-corrected chi connectivity index (χ4v) is 3.25. The Labute approximate surface area is 157 Å². The number of alkyl carbamates (subject to hydrolysis) is 1. The SMILES string of the molecule is CC(C)CC(NC(=O)OC(C)(C)C)C(=O)N1CCc2ccccc2CC1. The molecule has 0 aromatic heterocycles. The Morgan fingerprint density at radius 1 is 1.12 bits per heavy atom. The molecule has 1 atom stereocenters. The molecule has 1 aromatic carbocycles. The lowest BCUT2D eigenvalue weighted by molar-refractivity contribution is -0.133. The van der Waals surface area contributed by atoms with Gasteiger partial charge < -0.3 is 15.0 Å². The second-order valence-corrected chi connectivity index (χ2v) is 8.42. The summed E-state index contributed by atoms with van der Waals surface area (Å²) in [6.45, 7) is 10.9. The average Bonchev–Trinajstić information content (AvgIpc) is 2.74. The molecule has 1 heterocycles. The van der Waals surface area contributed by atoms with E-state index >= 15 is 0 Å². The second-order valence-electron chi connectivity index (χ2n) is 8.42. The number of fused-ring (bicyclic) bond motifs is 1. The number of nitrogens with zero attached hydrogens (tertiary/aromatic N) is 1. The zero-order valence-corrected chi connectivity index (χ0v) is 16.7. The predicted octanol–water partition coefficient (Wildman–Crippen LogP) is 3.55. The van der Waals surface area contributed by atoms with Gasteiger partial charge in [-0.05, 0) is 57.1 Å². The molecule has 5 nitrogen and oxygen atoms in total. The molecule has 1 N–H and O–H groups in total. The highest BCUT2D eigenvalue weighted by atomic mass is 16.6. The second kappa shape index (κ2) is 8.56. The van der Waals surface area contributed by atoms with Crippen LogP contribution in [0.25, 0.3) is 0 Å². The summed E-state index contributed by atoms with van der Waals surface area (Å²) in [5.41, 5.74) is 2.03. The van der Waals surface area contributed by atoms with Crippen molar-refractivity contribution in [3.8, 4) is 0 Å². The van der Waals surface area contributed by atoms with Gasteiger partial charge in [-0.2, -0.15) is 0 Å². The standard InChI is InChI=1S/C21H32N2O3/c1-15(2)14-18(22-20(25)26-21(3,4)5)19(24)23-12-10-16-8-6-7-9-17(16)11-13-23/h6-9,15,18H,10-14H2,1-5H3,(H,22,25). The van der Waals surface area contributed by atoms with Crippen LogP contribution in [-0.4, -0.2) is 41.6 Å². The van der Waals surface area contributed by atoms with Gasteiger partial charge in [0.1, 0.15) is 11.6 Å². The van der Waals surface area contributed by atoms with Crippen molar-refractivity contribution in [2.45, 2.75) is 65.5 Å². The molecular weight excluding hydrogens is 328 g/mol. The zero-order valence-electron chi connectivity index (χ0n) is 16.7. The van der Waals surface area contributed by atoms with Crippen LogP contribution in [0, 0.1) is 5.92 Å². The van der Waals surface area contributed by atoms with E-state index in [2.05, 4.69) is 31.3 Å². The number of hydrogen-bond donors (Lipinski definition) is 1. The van der Waals surface area contributed by atoms with Crippen molar-refractivity contribution in [2.75, 3.05) is 13.1 Å². The van der Waals surface area contributed by atoms with Gasteiger partial charge in [-0.25, -0.2) is 4.79 Å². The highest BCUT2D eigenvalue weighted by Gasteiger charge is 2.29. The average molecular weight is 360 g/mol. The number of rotatable bonds is 4. The van der Waals surface area contributed by atoms with Gasteiger partial charge in [-0.1, -0.05) is 38.1 Å². The summed E-state index contributed by atoms with van der Waals surface area (Å²) in [4.78, 5) is 27.2. The predicted molar refractivity (Wildman–Crippen MR) is 103 cm³/mol. The molecular formula is C21H32N2O3. The highest BCUT2D eigenvalue weighted by Crippen LogP contribution is 2.18. The topological polar surface area (TPSA) is 58.6 Å². The third-order valence-corrected chi connectivity index (χ3v) is 4.43. The molecule has 0 fully saturated rings. The number of benzene rings is 1. The highest BCUT2D eigenvalue weighted by molar-refractivity contribution is 5.85. The first-order chi connectivity index (χ1) is 12.2. The molecule has 2 rings (SSSR count). The van der Waals surface area contributed by atoms with Crippen LogP contribution in [0.4, 0.5) is 4.79 Å². The van der Waals surface area contributed by atoms with Gasteiger partial charge in [0, 0.05) is 13.1 Å². The van der Waals surface area contributed by atoms with Crippen molar-refractivity contribution in [1.82, 2.24) is 10.2 Å². The third-order valence-electron chi connectivity index (χ3n) is 4.43. The van der Waals surface area contributed by atoms with Gasteiger partial charge in [0.2, 0.25) is 5.91 Å². The lowest BCUT2D eigenvalue weighted by Gasteiger charge is -2.29. The molecule has 0 spiro atoms. The molecule has 1 aromatic rings. The molecule has 0 aliphatic carbocycles. The van der Waals surface area contributed by atoms with Crippen molar-refractivity contribution in [1.29, 1.82) is 0 Å². The lowest BCUT2D eigenvalue weighted by atomic mass is 10.0. The summed E-state index contributed by atoms with van der Waals surface area (Å²) in [5.74, 6) is 0.278. The maximum atomic E-state index is 13.1. The minimum absolute atomic E-state index is 0.0163. The van der Waals surface area contributed by atoms with Gasteiger partial charge in [0.15, 0.2) is 0 Å². The smallest absolute Gasteiger partial charge is 0.408 e. The molecule has 26 heavy (non-hydrogen) atoms. The van der Waals surface area contributed by atoms with Crippen LogP contribution in [0.1, 0.15) is 52.2 Å². The van der Waals surface area contributed by atoms with Crippen molar-refractivity contribution in [3.63, 3.8) is 0 Å². The Bertz CT molecular complexity index is 607. The summed E-state index contributed by atoms with van der Waals surface area (Å²) >= 11 is 0. The van der Waals surface area contributed by atoms with Crippen LogP contribution in [0.15, 0.2) is 24.3 Å². The Hall–Kier alpha value is -2.04. The van der Waals surface area contributed by atoms with Gasteiger partial charge in [0.25, 0.3) is 0 Å². The van der Waals surface area contributed by atoms with Crippen molar-refractivity contribution in [2.24, 2.45) is 5.92 Å².